The van der Waals surface area contributed by atoms with Gasteiger partial charge in [-0.05, 0) is 72.5 Å². The van der Waals surface area contributed by atoms with Gasteiger partial charge in [0.05, 0.1) is 11.0 Å². The molecular weight excluding hydrogens is 567 g/mol. The Morgan fingerprint density at radius 1 is 0.930 bits per heavy atom. The molecule has 0 bridgehead atoms. The Kier molecular flexibility index (Phi) is 9.11. The Labute approximate surface area is 252 Å². The lowest BCUT2D eigenvalue weighted by atomic mass is 10.1. The van der Waals surface area contributed by atoms with Crippen molar-refractivity contribution in [1.29, 1.82) is 0 Å². The SMILES string of the molecule is Cc1ccc(NC(=O)NC(Cc2ccccc2)c2nnc(SCc3ccc(F)cc3)n2-c2ccc([N+](=O)[O-])cc2)cc1C. The molecule has 5 rings (SSSR count). The first kappa shape index (κ1) is 29.5. The maximum atomic E-state index is 13.5. The van der Waals surface area contributed by atoms with Gasteiger partial charge in [0.1, 0.15) is 5.82 Å². The summed E-state index contributed by atoms with van der Waals surface area (Å²) < 4.78 is 15.2. The zero-order chi connectivity index (χ0) is 30.3. The Bertz CT molecular complexity index is 1730. The van der Waals surface area contributed by atoms with Crippen LogP contribution in [-0.4, -0.2) is 25.7 Å². The molecule has 2 N–H and O–H groups in total. The highest BCUT2D eigenvalue weighted by molar-refractivity contribution is 7.98. The van der Waals surface area contributed by atoms with Crippen molar-refractivity contribution in [2.45, 2.75) is 37.2 Å². The number of hydrogen-bond acceptors (Lipinski definition) is 6. The van der Waals surface area contributed by atoms with E-state index in [1.165, 1.54) is 36.0 Å². The minimum Gasteiger partial charge on any atom is -0.327 e. The lowest BCUT2D eigenvalue weighted by Crippen LogP contribution is -2.35. The zero-order valence-electron chi connectivity index (χ0n) is 23.5. The predicted molar refractivity (Wildman–Crippen MR) is 165 cm³/mol. The summed E-state index contributed by atoms with van der Waals surface area (Å²) in [5.74, 6) is 0.614. The summed E-state index contributed by atoms with van der Waals surface area (Å²) in [4.78, 5) is 24.2. The topological polar surface area (TPSA) is 115 Å². The largest absolute Gasteiger partial charge is 0.327 e. The first-order valence-corrected chi connectivity index (χ1v) is 14.5. The molecule has 218 valence electrons. The number of thioether (sulfide) groups is 1. The summed E-state index contributed by atoms with van der Waals surface area (Å²) in [7, 11) is 0. The van der Waals surface area contributed by atoms with E-state index >= 15 is 0 Å². The number of rotatable bonds is 10. The number of hydrogen-bond donors (Lipinski definition) is 2. The van der Waals surface area contributed by atoms with Crippen LogP contribution in [0, 0.1) is 29.8 Å². The van der Waals surface area contributed by atoms with Crippen LogP contribution in [0.3, 0.4) is 0 Å². The number of nitro benzene ring substituents is 1. The van der Waals surface area contributed by atoms with Crippen molar-refractivity contribution in [2.75, 3.05) is 5.32 Å². The number of urea groups is 1. The van der Waals surface area contributed by atoms with Crippen LogP contribution in [0.2, 0.25) is 0 Å². The first-order chi connectivity index (χ1) is 20.8. The molecule has 4 aromatic carbocycles. The van der Waals surface area contributed by atoms with Gasteiger partial charge in [0, 0.05) is 35.7 Å². The Hall–Kier alpha value is -5.03. The van der Waals surface area contributed by atoms with Crippen molar-refractivity contribution in [2.24, 2.45) is 0 Å². The van der Waals surface area contributed by atoms with Crippen LogP contribution < -0.4 is 10.6 Å². The smallest absolute Gasteiger partial charge is 0.319 e. The third-order valence-electron chi connectivity index (χ3n) is 6.92. The number of anilines is 1. The molecule has 0 fully saturated rings. The third-order valence-corrected chi connectivity index (χ3v) is 7.92. The summed E-state index contributed by atoms with van der Waals surface area (Å²) >= 11 is 1.39. The van der Waals surface area contributed by atoms with Gasteiger partial charge < -0.3 is 10.6 Å². The quantitative estimate of drug-likeness (QED) is 0.0991. The van der Waals surface area contributed by atoms with Crippen molar-refractivity contribution < 1.29 is 14.1 Å². The van der Waals surface area contributed by atoms with Crippen LogP contribution in [0.25, 0.3) is 5.69 Å². The minimum absolute atomic E-state index is 0.0504. The highest BCUT2D eigenvalue weighted by Gasteiger charge is 2.25. The average Bonchev–Trinajstić information content (AvgIpc) is 3.43. The van der Waals surface area contributed by atoms with Crippen LogP contribution in [0.4, 0.5) is 20.6 Å². The first-order valence-electron chi connectivity index (χ1n) is 13.5. The van der Waals surface area contributed by atoms with Gasteiger partial charge in [-0.25, -0.2) is 9.18 Å². The summed E-state index contributed by atoms with van der Waals surface area (Å²) in [6, 6.07) is 26.7. The van der Waals surface area contributed by atoms with E-state index in [1.54, 1.807) is 28.8 Å². The summed E-state index contributed by atoms with van der Waals surface area (Å²) in [5, 5.41) is 26.8. The van der Waals surface area contributed by atoms with E-state index in [1.807, 2.05) is 62.4 Å². The van der Waals surface area contributed by atoms with Crippen molar-refractivity contribution in [1.82, 2.24) is 20.1 Å². The molecule has 0 aliphatic carbocycles. The van der Waals surface area contributed by atoms with Gasteiger partial charge in [-0.3, -0.25) is 14.7 Å². The summed E-state index contributed by atoms with van der Waals surface area (Å²) in [6.07, 6.45) is 0.412. The molecular formula is C32H29FN6O3S. The fourth-order valence-electron chi connectivity index (χ4n) is 4.50. The summed E-state index contributed by atoms with van der Waals surface area (Å²) in [6.45, 7) is 3.99. The van der Waals surface area contributed by atoms with Crippen LogP contribution in [0.5, 0.6) is 0 Å². The number of halogens is 1. The molecule has 5 aromatic rings. The number of nitrogens with zero attached hydrogens (tertiary/aromatic N) is 4. The number of nitro groups is 1. The molecule has 1 unspecified atom stereocenters. The molecule has 0 saturated heterocycles. The second-order valence-corrected chi connectivity index (χ2v) is 10.9. The average molecular weight is 597 g/mol. The highest BCUT2D eigenvalue weighted by Crippen LogP contribution is 2.30. The molecule has 9 nitrogen and oxygen atoms in total. The van der Waals surface area contributed by atoms with Crippen LogP contribution in [0.15, 0.2) is 102 Å². The van der Waals surface area contributed by atoms with E-state index in [0.717, 1.165) is 22.3 Å². The number of amides is 2. The number of aromatic nitrogens is 3. The molecule has 11 heteroatoms. The Balaban J connectivity index is 1.51. The zero-order valence-corrected chi connectivity index (χ0v) is 24.3. The molecule has 2 amide bonds. The molecule has 0 spiro atoms. The van der Waals surface area contributed by atoms with Gasteiger partial charge in [0.2, 0.25) is 0 Å². The number of nitrogens with one attached hydrogen (secondary N) is 2. The van der Waals surface area contributed by atoms with E-state index < -0.39 is 17.0 Å². The Morgan fingerprint density at radius 3 is 2.33 bits per heavy atom. The summed E-state index contributed by atoms with van der Waals surface area (Å²) in [5.41, 5.74) is 5.24. The number of benzene rings is 4. The van der Waals surface area contributed by atoms with E-state index in [0.29, 0.717) is 34.5 Å². The fraction of sp³-hybridized carbons (Fsp3) is 0.156. The van der Waals surface area contributed by atoms with Crippen LogP contribution >= 0.6 is 11.8 Å². The van der Waals surface area contributed by atoms with Crippen LogP contribution in [-0.2, 0) is 12.2 Å². The lowest BCUT2D eigenvalue weighted by molar-refractivity contribution is -0.384. The molecule has 1 atom stereocenters. The lowest BCUT2D eigenvalue weighted by Gasteiger charge is -2.21. The van der Waals surface area contributed by atoms with Gasteiger partial charge in [0.25, 0.3) is 5.69 Å². The van der Waals surface area contributed by atoms with E-state index in [4.69, 9.17) is 0 Å². The van der Waals surface area contributed by atoms with Gasteiger partial charge in [0.15, 0.2) is 11.0 Å². The molecule has 0 radical (unpaired) electrons. The molecule has 0 aliphatic heterocycles. The minimum atomic E-state index is -0.614. The molecule has 0 aliphatic rings. The molecule has 43 heavy (non-hydrogen) atoms. The number of carbonyl (C=O) groups is 1. The second kappa shape index (κ2) is 13.3. The van der Waals surface area contributed by atoms with Crippen molar-refractivity contribution in [3.63, 3.8) is 0 Å². The van der Waals surface area contributed by atoms with E-state index in [2.05, 4.69) is 20.8 Å². The van der Waals surface area contributed by atoms with Crippen LogP contribution in [0.1, 0.15) is 34.1 Å². The number of aryl methyl sites for hydroxylation is 2. The number of carbonyl (C=O) groups excluding carboxylic acids is 1. The predicted octanol–water partition coefficient (Wildman–Crippen LogP) is 7.33. The van der Waals surface area contributed by atoms with Crippen molar-refractivity contribution in [3.05, 3.63) is 141 Å². The van der Waals surface area contributed by atoms with E-state index in [-0.39, 0.29) is 11.5 Å². The standard InChI is InChI=1S/C32H29FN6O3S/c1-21-8-13-26(18-22(21)2)34-31(40)35-29(19-23-6-4-3-5-7-23)30-36-37-32(43-20-24-9-11-25(33)12-10-24)38(30)27-14-16-28(17-15-27)39(41)42/h3-18,29H,19-20H2,1-2H3,(H2,34,35,40). The second-order valence-electron chi connectivity index (χ2n) is 10.0. The van der Waals surface area contributed by atoms with Gasteiger partial charge in [-0.15, -0.1) is 10.2 Å². The van der Waals surface area contributed by atoms with Gasteiger partial charge >= 0.3 is 6.03 Å². The number of non-ortho nitro benzene ring substituents is 1. The highest BCUT2D eigenvalue weighted by atomic mass is 32.2. The van der Waals surface area contributed by atoms with Gasteiger partial charge in [-0.1, -0.05) is 60.3 Å². The fourth-order valence-corrected chi connectivity index (χ4v) is 5.41. The molecule has 1 aromatic heterocycles. The normalized spacial score (nSPS) is 11.6. The molecule has 0 saturated carbocycles. The third kappa shape index (κ3) is 7.44. The monoisotopic (exact) mass is 596 g/mol. The van der Waals surface area contributed by atoms with E-state index in [9.17, 15) is 19.3 Å². The molecule has 1 heterocycles. The maximum absolute atomic E-state index is 13.5. The maximum Gasteiger partial charge on any atom is 0.319 e. The van der Waals surface area contributed by atoms with Gasteiger partial charge in [-0.2, -0.15) is 0 Å². The van der Waals surface area contributed by atoms with Crippen molar-refractivity contribution in [3.8, 4) is 5.69 Å². The Morgan fingerprint density at radius 2 is 1.65 bits per heavy atom. The van der Waals surface area contributed by atoms with Crippen molar-refractivity contribution >= 4 is 29.2 Å².